The number of benzene rings is 1. The van der Waals surface area contributed by atoms with Crippen molar-refractivity contribution in [2.24, 2.45) is 0 Å². The fourth-order valence-electron chi connectivity index (χ4n) is 2.97. The van der Waals surface area contributed by atoms with Crippen LogP contribution in [0.1, 0.15) is 28.9 Å². The monoisotopic (exact) mass is 379 g/mol. The smallest absolute Gasteiger partial charge is 0.354 e. The second-order valence-electron chi connectivity index (χ2n) is 6.16. The molecule has 0 unspecified atom stereocenters. The number of nitrogens with one attached hydrogen (secondary N) is 1. The third kappa shape index (κ3) is 4.84. The van der Waals surface area contributed by atoms with Crippen LogP contribution >= 0.6 is 23.2 Å². The topological polar surface area (TPSA) is 65.5 Å². The number of carboxylic acids is 1. The SMILES string of the molecule is O=C(O)c1cccc(NC2CCN(Cc3ccc(Cl)c(Cl)c3)CC2)n1. The Morgan fingerprint density at radius 2 is 1.96 bits per heavy atom. The maximum Gasteiger partial charge on any atom is 0.354 e. The Morgan fingerprint density at radius 1 is 1.20 bits per heavy atom. The number of aromatic nitrogens is 1. The zero-order chi connectivity index (χ0) is 17.8. The third-order valence-corrected chi connectivity index (χ3v) is 5.04. The lowest BCUT2D eigenvalue weighted by Gasteiger charge is -2.32. The maximum absolute atomic E-state index is 11.0. The summed E-state index contributed by atoms with van der Waals surface area (Å²) in [6, 6.07) is 11.0. The Balaban J connectivity index is 1.52. The zero-order valence-electron chi connectivity index (χ0n) is 13.6. The predicted molar refractivity (Wildman–Crippen MR) is 99.6 cm³/mol. The highest BCUT2D eigenvalue weighted by atomic mass is 35.5. The molecule has 0 atom stereocenters. The number of carbonyl (C=O) groups is 1. The summed E-state index contributed by atoms with van der Waals surface area (Å²) in [6.45, 7) is 2.75. The van der Waals surface area contributed by atoms with Crippen LogP contribution < -0.4 is 5.32 Å². The van der Waals surface area contributed by atoms with Crippen LogP contribution in [-0.2, 0) is 6.54 Å². The molecule has 0 aliphatic carbocycles. The molecule has 1 fully saturated rings. The minimum Gasteiger partial charge on any atom is -0.477 e. The molecule has 0 spiro atoms. The van der Waals surface area contributed by atoms with Gasteiger partial charge >= 0.3 is 5.97 Å². The lowest BCUT2D eigenvalue weighted by molar-refractivity contribution is 0.0690. The van der Waals surface area contributed by atoms with Crippen LogP contribution in [0.15, 0.2) is 36.4 Å². The molecular weight excluding hydrogens is 361 g/mol. The first-order chi connectivity index (χ1) is 12.0. The molecule has 0 amide bonds. The quantitative estimate of drug-likeness (QED) is 0.816. The van der Waals surface area contributed by atoms with Crippen LogP contribution in [0.5, 0.6) is 0 Å². The Kier molecular flexibility index (Phi) is 5.78. The summed E-state index contributed by atoms with van der Waals surface area (Å²) in [5.41, 5.74) is 1.21. The summed E-state index contributed by atoms with van der Waals surface area (Å²) < 4.78 is 0. The summed E-state index contributed by atoms with van der Waals surface area (Å²) in [6.07, 6.45) is 1.95. The van der Waals surface area contributed by atoms with Crippen LogP contribution in [0.25, 0.3) is 0 Å². The summed E-state index contributed by atoms with van der Waals surface area (Å²) in [5.74, 6) is -0.400. The highest BCUT2D eigenvalue weighted by Gasteiger charge is 2.20. The van der Waals surface area contributed by atoms with E-state index in [9.17, 15) is 4.79 Å². The molecule has 7 heteroatoms. The van der Waals surface area contributed by atoms with E-state index in [0.717, 1.165) is 38.0 Å². The van der Waals surface area contributed by atoms with E-state index < -0.39 is 5.97 Å². The summed E-state index contributed by atoms with van der Waals surface area (Å²) >= 11 is 12.0. The van der Waals surface area contributed by atoms with Gasteiger partial charge < -0.3 is 10.4 Å². The lowest BCUT2D eigenvalue weighted by atomic mass is 10.0. The molecule has 2 aromatic rings. The van der Waals surface area contributed by atoms with Crippen molar-refractivity contribution < 1.29 is 9.90 Å². The molecule has 2 heterocycles. The van der Waals surface area contributed by atoms with Gasteiger partial charge in [-0.25, -0.2) is 9.78 Å². The van der Waals surface area contributed by atoms with E-state index in [1.54, 1.807) is 12.1 Å². The first kappa shape index (κ1) is 18.0. The van der Waals surface area contributed by atoms with Gasteiger partial charge in [-0.15, -0.1) is 0 Å². The predicted octanol–water partition coefficient (Wildman–Crippen LogP) is 4.16. The van der Waals surface area contributed by atoms with E-state index in [4.69, 9.17) is 28.3 Å². The number of hydrogen-bond donors (Lipinski definition) is 2. The third-order valence-electron chi connectivity index (χ3n) is 4.30. The molecule has 0 saturated carbocycles. The number of rotatable bonds is 5. The van der Waals surface area contributed by atoms with Gasteiger partial charge in [-0.2, -0.15) is 0 Å². The minimum absolute atomic E-state index is 0.0575. The number of likely N-dealkylation sites (tertiary alicyclic amines) is 1. The van der Waals surface area contributed by atoms with E-state index in [0.29, 0.717) is 21.9 Å². The number of carboxylic acid groups (broad SMARTS) is 1. The number of halogens is 2. The minimum atomic E-state index is -1.01. The Hall–Kier alpha value is -1.82. The van der Waals surface area contributed by atoms with Crippen LogP contribution in [-0.4, -0.2) is 40.1 Å². The molecule has 25 heavy (non-hydrogen) atoms. The van der Waals surface area contributed by atoms with Crippen LogP contribution in [0.2, 0.25) is 10.0 Å². The van der Waals surface area contributed by atoms with Crippen LogP contribution in [0.4, 0.5) is 5.82 Å². The van der Waals surface area contributed by atoms with E-state index in [1.807, 2.05) is 18.2 Å². The maximum atomic E-state index is 11.0. The fourth-order valence-corrected chi connectivity index (χ4v) is 3.30. The highest BCUT2D eigenvalue weighted by molar-refractivity contribution is 6.42. The standard InChI is InChI=1S/C18H19Cl2N3O2/c19-14-5-4-12(10-15(14)20)11-23-8-6-13(7-9-23)21-17-3-1-2-16(22-17)18(24)25/h1-5,10,13H,6-9,11H2,(H,21,22)(H,24,25). The highest BCUT2D eigenvalue weighted by Crippen LogP contribution is 2.24. The number of aromatic carboxylic acids is 1. The average molecular weight is 380 g/mol. The van der Waals surface area contributed by atoms with Crippen molar-refractivity contribution in [1.82, 2.24) is 9.88 Å². The van der Waals surface area contributed by atoms with Crippen molar-refractivity contribution >= 4 is 35.0 Å². The van der Waals surface area contributed by atoms with Crippen molar-refractivity contribution in [3.05, 3.63) is 57.7 Å². The van der Waals surface area contributed by atoms with E-state index in [-0.39, 0.29) is 5.69 Å². The van der Waals surface area contributed by atoms with Crippen molar-refractivity contribution in [3.63, 3.8) is 0 Å². The van der Waals surface area contributed by atoms with Gasteiger partial charge in [0.25, 0.3) is 0 Å². The van der Waals surface area contributed by atoms with Gasteiger partial charge in [0.1, 0.15) is 5.82 Å². The first-order valence-corrected chi connectivity index (χ1v) is 8.90. The van der Waals surface area contributed by atoms with Crippen molar-refractivity contribution in [3.8, 4) is 0 Å². The van der Waals surface area contributed by atoms with Crippen molar-refractivity contribution in [1.29, 1.82) is 0 Å². The molecule has 1 saturated heterocycles. The fraction of sp³-hybridized carbons (Fsp3) is 0.333. The first-order valence-electron chi connectivity index (χ1n) is 8.14. The van der Waals surface area contributed by atoms with Gasteiger partial charge in [0, 0.05) is 25.7 Å². The van der Waals surface area contributed by atoms with Gasteiger partial charge in [-0.3, -0.25) is 4.90 Å². The second kappa shape index (κ2) is 8.04. The van der Waals surface area contributed by atoms with Crippen LogP contribution in [0, 0.1) is 0 Å². The molecule has 5 nitrogen and oxygen atoms in total. The normalized spacial score (nSPS) is 15.9. The summed E-state index contributed by atoms with van der Waals surface area (Å²) in [5, 5.41) is 13.5. The Labute approximate surface area is 156 Å². The molecule has 1 aromatic heterocycles. The molecule has 1 aliphatic rings. The number of piperidine rings is 1. The Morgan fingerprint density at radius 3 is 2.64 bits per heavy atom. The molecule has 132 valence electrons. The average Bonchev–Trinajstić information content (AvgIpc) is 2.60. The summed E-state index contributed by atoms with van der Waals surface area (Å²) in [7, 11) is 0. The molecule has 0 radical (unpaired) electrons. The largest absolute Gasteiger partial charge is 0.477 e. The number of nitrogens with zero attached hydrogens (tertiary/aromatic N) is 2. The molecule has 1 aliphatic heterocycles. The zero-order valence-corrected chi connectivity index (χ0v) is 15.1. The number of anilines is 1. The summed E-state index contributed by atoms with van der Waals surface area (Å²) in [4.78, 5) is 17.5. The van der Waals surface area contributed by atoms with E-state index in [2.05, 4.69) is 15.2 Å². The van der Waals surface area contributed by atoms with Gasteiger partial charge in [-0.1, -0.05) is 35.3 Å². The van der Waals surface area contributed by atoms with E-state index in [1.165, 1.54) is 6.07 Å². The van der Waals surface area contributed by atoms with E-state index >= 15 is 0 Å². The number of pyridine rings is 1. The molecule has 2 N–H and O–H groups in total. The molecule has 3 rings (SSSR count). The molecule has 0 bridgehead atoms. The van der Waals surface area contributed by atoms with Gasteiger partial charge in [0.15, 0.2) is 5.69 Å². The van der Waals surface area contributed by atoms with Crippen LogP contribution in [0.3, 0.4) is 0 Å². The second-order valence-corrected chi connectivity index (χ2v) is 6.97. The van der Waals surface area contributed by atoms with Gasteiger partial charge in [0.05, 0.1) is 10.0 Å². The molecule has 1 aromatic carbocycles. The number of hydrogen-bond acceptors (Lipinski definition) is 4. The van der Waals surface area contributed by atoms with Gasteiger partial charge in [0.2, 0.25) is 0 Å². The van der Waals surface area contributed by atoms with Gasteiger partial charge in [-0.05, 0) is 42.7 Å². The Bertz CT molecular complexity index is 762. The lowest BCUT2D eigenvalue weighted by Crippen LogP contribution is -2.38. The van der Waals surface area contributed by atoms with Crippen molar-refractivity contribution in [2.45, 2.75) is 25.4 Å². The van der Waals surface area contributed by atoms with Crippen molar-refractivity contribution in [2.75, 3.05) is 18.4 Å². The molecular formula is C18H19Cl2N3O2.